The topological polar surface area (TPSA) is 58.5 Å². The summed E-state index contributed by atoms with van der Waals surface area (Å²) in [5, 5.41) is 0. The van der Waals surface area contributed by atoms with Gasteiger partial charge in [0.2, 0.25) is 0 Å². The summed E-state index contributed by atoms with van der Waals surface area (Å²) in [5.41, 5.74) is 0.707. The highest BCUT2D eigenvalue weighted by atomic mass is 32.2. The van der Waals surface area contributed by atoms with E-state index < -0.39 is 10.0 Å². The number of aliphatic imine (C=N–C) groups is 1. The molecule has 108 valence electrons. The fourth-order valence-electron chi connectivity index (χ4n) is 3.42. The fourth-order valence-corrected chi connectivity index (χ4v) is 4.66. The van der Waals surface area contributed by atoms with Crippen molar-refractivity contribution in [1.29, 1.82) is 0 Å². The van der Waals surface area contributed by atoms with Crippen molar-refractivity contribution in [2.24, 2.45) is 16.8 Å². The summed E-state index contributed by atoms with van der Waals surface area (Å²) in [6, 6.07) is 7.26. The van der Waals surface area contributed by atoms with Crippen LogP contribution in [0.4, 0.5) is 0 Å². The fraction of sp³-hybridized carbons (Fsp3) is 0.533. The molecule has 3 rings (SSSR count). The standard InChI is InChI=1S/C15H20N2O2S/c1-10-7-11(2)9-12(8-10)16-15-13-5-3-4-6-14(13)20(18,19)17-15/h3-6,10-12H,7-9H2,1-2H3,(H,16,17). The van der Waals surface area contributed by atoms with Crippen LogP contribution < -0.4 is 4.72 Å². The molecular formula is C15H20N2O2S. The van der Waals surface area contributed by atoms with E-state index in [4.69, 9.17) is 4.99 Å². The van der Waals surface area contributed by atoms with E-state index >= 15 is 0 Å². The molecule has 0 saturated heterocycles. The van der Waals surface area contributed by atoms with Crippen LogP contribution in [-0.4, -0.2) is 20.3 Å². The first-order valence-electron chi connectivity index (χ1n) is 7.15. The zero-order chi connectivity index (χ0) is 14.3. The largest absolute Gasteiger partial charge is 0.264 e. The molecule has 1 aromatic rings. The molecule has 0 bridgehead atoms. The number of nitrogens with zero attached hydrogens (tertiary/aromatic N) is 1. The number of sulfonamides is 1. The highest BCUT2D eigenvalue weighted by molar-refractivity contribution is 7.90. The molecule has 0 aromatic heterocycles. The number of rotatable bonds is 1. The third-order valence-electron chi connectivity index (χ3n) is 4.13. The van der Waals surface area contributed by atoms with Crippen LogP contribution in [0.1, 0.15) is 38.7 Å². The van der Waals surface area contributed by atoms with Crippen molar-refractivity contribution >= 4 is 15.9 Å². The van der Waals surface area contributed by atoms with E-state index in [2.05, 4.69) is 18.6 Å². The number of hydrogen-bond donors (Lipinski definition) is 1. The van der Waals surface area contributed by atoms with Crippen LogP contribution in [0.5, 0.6) is 0 Å². The van der Waals surface area contributed by atoms with Crippen LogP contribution in [0.2, 0.25) is 0 Å². The Labute approximate surface area is 120 Å². The van der Waals surface area contributed by atoms with Gasteiger partial charge in [-0.1, -0.05) is 26.0 Å². The van der Waals surface area contributed by atoms with Gasteiger partial charge < -0.3 is 0 Å². The summed E-state index contributed by atoms with van der Waals surface area (Å²) in [5.74, 6) is 1.83. The summed E-state index contributed by atoms with van der Waals surface area (Å²) in [6.07, 6.45) is 3.32. The minimum atomic E-state index is -3.41. The zero-order valence-corrected chi connectivity index (χ0v) is 12.7. The van der Waals surface area contributed by atoms with Crippen LogP contribution in [0.3, 0.4) is 0 Å². The minimum Gasteiger partial charge on any atom is -0.264 e. The van der Waals surface area contributed by atoms with Gasteiger partial charge >= 0.3 is 0 Å². The third-order valence-corrected chi connectivity index (χ3v) is 5.53. The molecule has 0 amide bonds. The molecule has 1 aromatic carbocycles. The molecule has 1 aliphatic heterocycles. The molecule has 4 nitrogen and oxygen atoms in total. The SMILES string of the molecule is CC1CC(C)CC(N=C2NS(=O)(=O)c3ccccc32)C1. The van der Waals surface area contributed by atoms with Crippen molar-refractivity contribution in [3.63, 3.8) is 0 Å². The van der Waals surface area contributed by atoms with Gasteiger partial charge in [0.1, 0.15) is 5.84 Å². The Morgan fingerprint density at radius 2 is 1.75 bits per heavy atom. The van der Waals surface area contributed by atoms with Gasteiger partial charge in [0.25, 0.3) is 10.0 Å². The maximum Gasteiger partial charge on any atom is 0.263 e. The van der Waals surface area contributed by atoms with Crippen molar-refractivity contribution in [2.45, 2.75) is 44.0 Å². The lowest BCUT2D eigenvalue weighted by Gasteiger charge is -2.29. The Hall–Kier alpha value is -1.36. The van der Waals surface area contributed by atoms with Gasteiger partial charge in [-0.15, -0.1) is 0 Å². The average molecular weight is 292 g/mol. The molecule has 1 N–H and O–H groups in total. The maximum atomic E-state index is 12.0. The lowest BCUT2D eigenvalue weighted by Crippen LogP contribution is -2.27. The molecule has 1 heterocycles. The molecule has 2 atom stereocenters. The molecule has 0 spiro atoms. The van der Waals surface area contributed by atoms with Crippen molar-refractivity contribution < 1.29 is 8.42 Å². The van der Waals surface area contributed by atoms with E-state index in [0.29, 0.717) is 28.1 Å². The van der Waals surface area contributed by atoms with E-state index in [1.54, 1.807) is 12.1 Å². The van der Waals surface area contributed by atoms with Crippen LogP contribution in [0, 0.1) is 11.8 Å². The highest BCUT2D eigenvalue weighted by Crippen LogP contribution is 2.31. The number of amidine groups is 1. The molecule has 2 aliphatic rings. The molecular weight excluding hydrogens is 272 g/mol. The molecule has 2 unspecified atom stereocenters. The van der Waals surface area contributed by atoms with E-state index in [9.17, 15) is 8.42 Å². The second kappa shape index (κ2) is 4.88. The Bertz CT molecular complexity index is 642. The van der Waals surface area contributed by atoms with Gasteiger partial charge in [-0.25, -0.2) is 8.42 Å². The third kappa shape index (κ3) is 2.46. The Balaban J connectivity index is 1.94. The number of hydrogen-bond acceptors (Lipinski definition) is 3. The van der Waals surface area contributed by atoms with Gasteiger partial charge in [0, 0.05) is 5.56 Å². The first-order valence-corrected chi connectivity index (χ1v) is 8.64. The van der Waals surface area contributed by atoms with Gasteiger partial charge in [0.05, 0.1) is 10.9 Å². The van der Waals surface area contributed by atoms with Crippen LogP contribution in [-0.2, 0) is 10.0 Å². The quantitative estimate of drug-likeness (QED) is 0.864. The normalized spacial score (nSPS) is 33.7. The number of nitrogens with one attached hydrogen (secondary N) is 1. The summed E-state index contributed by atoms with van der Waals surface area (Å²) in [4.78, 5) is 5.04. The first-order chi connectivity index (χ1) is 9.45. The smallest absolute Gasteiger partial charge is 0.263 e. The molecule has 5 heteroatoms. The van der Waals surface area contributed by atoms with E-state index in [1.807, 2.05) is 12.1 Å². The molecule has 20 heavy (non-hydrogen) atoms. The number of fused-ring (bicyclic) bond motifs is 1. The van der Waals surface area contributed by atoms with Crippen LogP contribution in [0.25, 0.3) is 0 Å². The predicted octanol–water partition coefficient (Wildman–Crippen LogP) is 2.55. The highest BCUT2D eigenvalue weighted by Gasteiger charge is 2.32. The number of benzene rings is 1. The second-order valence-corrected chi connectivity index (χ2v) is 7.80. The van der Waals surface area contributed by atoms with Gasteiger partial charge in [-0.05, 0) is 43.2 Å². The molecule has 0 radical (unpaired) electrons. The monoisotopic (exact) mass is 292 g/mol. The molecule has 1 saturated carbocycles. The average Bonchev–Trinajstić information content (AvgIpc) is 2.60. The first kappa shape index (κ1) is 13.6. The summed E-state index contributed by atoms with van der Waals surface area (Å²) >= 11 is 0. The van der Waals surface area contributed by atoms with Gasteiger partial charge in [-0.3, -0.25) is 9.71 Å². The summed E-state index contributed by atoms with van der Waals surface area (Å²) in [6.45, 7) is 4.49. The maximum absolute atomic E-state index is 12.0. The van der Waals surface area contributed by atoms with E-state index in [-0.39, 0.29) is 6.04 Å². The van der Waals surface area contributed by atoms with Crippen LogP contribution >= 0.6 is 0 Å². The Morgan fingerprint density at radius 1 is 1.10 bits per heavy atom. The molecule has 1 aliphatic carbocycles. The van der Waals surface area contributed by atoms with E-state index in [1.165, 1.54) is 6.42 Å². The van der Waals surface area contributed by atoms with Crippen molar-refractivity contribution in [2.75, 3.05) is 0 Å². The van der Waals surface area contributed by atoms with E-state index in [0.717, 1.165) is 12.8 Å². The lowest BCUT2D eigenvalue weighted by molar-refractivity contribution is 0.271. The summed E-state index contributed by atoms with van der Waals surface area (Å²) < 4.78 is 26.7. The minimum absolute atomic E-state index is 0.220. The van der Waals surface area contributed by atoms with Gasteiger partial charge in [0.15, 0.2) is 0 Å². The van der Waals surface area contributed by atoms with Crippen molar-refractivity contribution in [3.05, 3.63) is 29.8 Å². The molecule has 1 fully saturated rings. The van der Waals surface area contributed by atoms with Crippen molar-refractivity contribution in [1.82, 2.24) is 4.72 Å². The Morgan fingerprint density at radius 3 is 2.45 bits per heavy atom. The lowest BCUT2D eigenvalue weighted by atomic mass is 9.81. The summed E-state index contributed by atoms with van der Waals surface area (Å²) in [7, 11) is -3.41. The Kier molecular flexibility index (Phi) is 3.32. The van der Waals surface area contributed by atoms with Crippen LogP contribution in [0.15, 0.2) is 34.2 Å². The predicted molar refractivity (Wildman–Crippen MR) is 79.3 cm³/mol. The second-order valence-electron chi connectivity index (χ2n) is 6.15. The van der Waals surface area contributed by atoms with Gasteiger partial charge in [-0.2, -0.15) is 0 Å². The zero-order valence-electron chi connectivity index (χ0n) is 11.8. The van der Waals surface area contributed by atoms with Crippen molar-refractivity contribution in [3.8, 4) is 0 Å².